The quantitative estimate of drug-likeness (QED) is 0.804. The number of methoxy groups -OCH3 is 2. The summed E-state index contributed by atoms with van der Waals surface area (Å²) in [5, 5.41) is 3.35. The Morgan fingerprint density at radius 2 is 1.60 bits per heavy atom. The molecule has 1 atom stereocenters. The highest BCUT2D eigenvalue weighted by Gasteiger charge is 2.28. The zero-order valence-electron chi connectivity index (χ0n) is 14.6. The maximum Gasteiger partial charge on any atom is 0.163 e. The van der Waals surface area contributed by atoms with Gasteiger partial charge in [0.1, 0.15) is 11.5 Å². The lowest BCUT2D eigenvalue weighted by Gasteiger charge is -2.11. The number of Topliss-reactive ketones (excluding diaryl/α,β-unsaturated/α-hetero) is 1. The monoisotopic (exact) mass is 337 g/mol. The van der Waals surface area contributed by atoms with Crippen LogP contribution in [0.15, 0.2) is 54.1 Å². The first kappa shape index (κ1) is 17.1. The van der Waals surface area contributed by atoms with E-state index in [9.17, 15) is 4.79 Å². The van der Waals surface area contributed by atoms with Gasteiger partial charge in [-0.2, -0.15) is 0 Å². The molecule has 0 spiro atoms. The van der Waals surface area contributed by atoms with Gasteiger partial charge in [0.15, 0.2) is 5.78 Å². The van der Waals surface area contributed by atoms with Crippen molar-refractivity contribution in [2.75, 3.05) is 26.1 Å². The van der Waals surface area contributed by atoms with Crippen LogP contribution < -0.4 is 14.8 Å². The molecule has 130 valence electrons. The van der Waals surface area contributed by atoms with Crippen LogP contribution in [-0.2, 0) is 4.79 Å². The number of benzene rings is 2. The zero-order valence-corrected chi connectivity index (χ0v) is 14.6. The van der Waals surface area contributed by atoms with Crippen molar-refractivity contribution in [3.8, 4) is 11.5 Å². The predicted molar refractivity (Wildman–Crippen MR) is 100 cm³/mol. The summed E-state index contributed by atoms with van der Waals surface area (Å²) in [5.74, 6) is 1.93. The second-order valence-corrected chi connectivity index (χ2v) is 6.15. The molecule has 2 aromatic carbocycles. The van der Waals surface area contributed by atoms with Gasteiger partial charge in [0.2, 0.25) is 0 Å². The molecule has 4 heteroatoms. The SMILES string of the molecule is COc1ccc(/C=C2\CCC(CNc3ccc(OC)cc3)C2=O)cc1. The van der Waals surface area contributed by atoms with Gasteiger partial charge >= 0.3 is 0 Å². The van der Waals surface area contributed by atoms with Crippen molar-refractivity contribution >= 4 is 17.5 Å². The molecule has 0 bridgehead atoms. The van der Waals surface area contributed by atoms with E-state index in [0.717, 1.165) is 41.2 Å². The lowest BCUT2D eigenvalue weighted by molar-refractivity contribution is -0.117. The minimum absolute atomic E-state index is 0.0339. The molecule has 0 heterocycles. The topological polar surface area (TPSA) is 47.6 Å². The molecule has 1 fully saturated rings. The molecule has 25 heavy (non-hydrogen) atoms. The van der Waals surface area contributed by atoms with Gasteiger partial charge in [-0.25, -0.2) is 0 Å². The van der Waals surface area contributed by atoms with E-state index in [1.807, 2.05) is 54.6 Å². The highest BCUT2D eigenvalue weighted by Crippen LogP contribution is 2.29. The minimum Gasteiger partial charge on any atom is -0.497 e. The average Bonchev–Trinajstić information content (AvgIpc) is 3.01. The van der Waals surface area contributed by atoms with Crippen LogP contribution in [0.5, 0.6) is 11.5 Å². The Morgan fingerprint density at radius 3 is 2.20 bits per heavy atom. The van der Waals surface area contributed by atoms with Gasteiger partial charge < -0.3 is 14.8 Å². The molecule has 0 radical (unpaired) electrons. The fraction of sp³-hybridized carbons (Fsp3) is 0.286. The van der Waals surface area contributed by atoms with E-state index in [0.29, 0.717) is 6.54 Å². The lowest BCUT2D eigenvalue weighted by atomic mass is 10.0. The summed E-state index contributed by atoms with van der Waals surface area (Å²) >= 11 is 0. The Balaban J connectivity index is 1.59. The molecule has 4 nitrogen and oxygen atoms in total. The third-order valence-corrected chi connectivity index (χ3v) is 4.55. The molecule has 0 saturated heterocycles. The normalized spacial score (nSPS) is 18.4. The van der Waals surface area contributed by atoms with Crippen molar-refractivity contribution in [2.24, 2.45) is 5.92 Å². The number of hydrogen-bond donors (Lipinski definition) is 1. The number of ketones is 1. The molecular weight excluding hydrogens is 314 g/mol. The van der Waals surface area contributed by atoms with Crippen LogP contribution >= 0.6 is 0 Å². The second kappa shape index (κ2) is 7.88. The maximum absolute atomic E-state index is 12.6. The molecule has 1 aliphatic rings. The number of anilines is 1. The van der Waals surface area contributed by atoms with Crippen LogP contribution in [0.2, 0.25) is 0 Å². The number of carbonyl (C=O) groups is 1. The van der Waals surface area contributed by atoms with Gasteiger partial charge in [-0.15, -0.1) is 0 Å². The number of nitrogens with one attached hydrogen (secondary N) is 1. The first-order valence-corrected chi connectivity index (χ1v) is 8.46. The van der Waals surface area contributed by atoms with Gasteiger partial charge in [-0.1, -0.05) is 12.1 Å². The molecule has 0 aliphatic heterocycles. The molecular formula is C21H23NO3. The van der Waals surface area contributed by atoms with E-state index in [2.05, 4.69) is 5.32 Å². The highest BCUT2D eigenvalue weighted by atomic mass is 16.5. The molecule has 3 rings (SSSR count). The van der Waals surface area contributed by atoms with Gasteiger partial charge in [0, 0.05) is 18.2 Å². The fourth-order valence-electron chi connectivity index (χ4n) is 3.04. The number of carbonyl (C=O) groups excluding carboxylic acids is 1. The van der Waals surface area contributed by atoms with Crippen molar-refractivity contribution in [2.45, 2.75) is 12.8 Å². The van der Waals surface area contributed by atoms with Crippen molar-refractivity contribution in [1.82, 2.24) is 0 Å². The summed E-state index contributed by atoms with van der Waals surface area (Å²) in [6.07, 6.45) is 3.72. The minimum atomic E-state index is 0.0339. The van der Waals surface area contributed by atoms with Crippen molar-refractivity contribution in [3.05, 3.63) is 59.7 Å². The molecule has 1 N–H and O–H groups in total. The maximum atomic E-state index is 12.6. The Morgan fingerprint density at radius 1 is 1.00 bits per heavy atom. The lowest BCUT2D eigenvalue weighted by Crippen LogP contribution is -2.18. The summed E-state index contributed by atoms with van der Waals surface area (Å²) in [6.45, 7) is 0.658. The number of rotatable bonds is 6. The van der Waals surface area contributed by atoms with Crippen molar-refractivity contribution < 1.29 is 14.3 Å². The summed E-state index contributed by atoms with van der Waals surface area (Å²) in [4.78, 5) is 12.6. The molecule has 2 aromatic rings. The molecule has 1 unspecified atom stereocenters. The second-order valence-electron chi connectivity index (χ2n) is 6.15. The number of hydrogen-bond acceptors (Lipinski definition) is 4. The van der Waals surface area contributed by atoms with Crippen LogP contribution in [-0.4, -0.2) is 26.5 Å². The first-order chi connectivity index (χ1) is 12.2. The largest absolute Gasteiger partial charge is 0.497 e. The van der Waals surface area contributed by atoms with E-state index >= 15 is 0 Å². The van der Waals surface area contributed by atoms with E-state index in [-0.39, 0.29) is 11.7 Å². The van der Waals surface area contributed by atoms with Crippen LogP contribution in [0, 0.1) is 5.92 Å². The Kier molecular flexibility index (Phi) is 5.39. The Hall–Kier alpha value is -2.75. The third kappa shape index (κ3) is 4.21. The van der Waals surface area contributed by atoms with Gasteiger partial charge in [0.25, 0.3) is 0 Å². The van der Waals surface area contributed by atoms with Crippen molar-refractivity contribution in [1.29, 1.82) is 0 Å². The van der Waals surface area contributed by atoms with E-state index in [4.69, 9.17) is 9.47 Å². The van der Waals surface area contributed by atoms with E-state index in [1.54, 1.807) is 14.2 Å². The van der Waals surface area contributed by atoms with Crippen LogP contribution in [0.1, 0.15) is 18.4 Å². The third-order valence-electron chi connectivity index (χ3n) is 4.55. The molecule has 0 amide bonds. The summed E-state index contributed by atoms with van der Waals surface area (Å²) in [5.41, 5.74) is 2.95. The van der Waals surface area contributed by atoms with E-state index in [1.165, 1.54) is 0 Å². The number of ether oxygens (including phenoxy) is 2. The molecule has 0 aromatic heterocycles. The van der Waals surface area contributed by atoms with Gasteiger partial charge in [-0.05, 0) is 66.5 Å². The highest BCUT2D eigenvalue weighted by molar-refractivity contribution is 6.03. The standard InChI is InChI=1S/C21H23NO3/c1-24-19-9-3-15(4-10-19)13-16-5-6-17(21(16)23)14-22-18-7-11-20(25-2)12-8-18/h3-4,7-13,17,22H,5-6,14H2,1-2H3/b16-13+. The Labute approximate surface area is 148 Å². The summed E-state index contributed by atoms with van der Waals surface area (Å²) in [7, 11) is 3.30. The van der Waals surface area contributed by atoms with Gasteiger partial charge in [0.05, 0.1) is 14.2 Å². The predicted octanol–water partition coefficient (Wildman–Crippen LogP) is 4.18. The van der Waals surface area contributed by atoms with Gasteiger partial charge in [-0.3, -0.25) is 4.79 Å². The zero-order chi connectivity index (χ0) is 17.6. The average molecular weight is 337 g/mol. The van der Waals surface area contributed by atoms with Crippen LogP contribution in [0.3, 0.4) is 0 Å². The fourth-order valence-corrected chi connectivity index (χ4v) is 3.04. The smallest absolute Gasteiger partial charge is 0.163 e. The molecule has 1 saturated carbocycles. The Bertz CT molecular complexity index is 748. The first-order valence-electron chi connectivity index (χ1n) is 8.46. The van der Waals surface area contributed by atoms with E-state index < -0.39 is 0 Å². The van der Waals surface area contributed by atoms with Crippen molar-refractivity contribution in [3.63, 3.8) is 0 Å². The van der Waals surface area contributed by atoms with Crippen LogP contribution in [0.25, 0.3) is 6.08 Å². The summed E-state index contributed by atoms with van der Waals surface area (Å²) < 4.78 is 10.3. The van der Waals surface area contributed by atoms with Crippen LogP contribution in [0.4, 0.5) is 5.69 Å². The number of allylic oxidation sites excluding steroid dienone is 1. The molecule has 1 aliphatic carbocycles. The summed E-state index contributed by atoms with van der Waals surface area (Å²) in [6, 6.07) is 15.5.